The summed E-state index contributed by atoms with van der Waals surface area (Å²) in [5.74, 6) is 1.22. The molecule has 2 saturated heterocycles. The van der Waals surface area contributed by atoms with Crippen LogP contribution in [0.3, 0.4) is 0 Å². The summed E-state index contributed by atoms with van der Waals surface area (Å²) in [5, 5.41) is 3.98. The fourth-order valence-electron chi connectivity index (χ4n) is 6.39. The lowest BCUT2D eigenvalue weighted by Gasteiger charge is -2.44. The predicted octanol–water partition coefficient (Wildman–Crippen LogP) is 5.44. The van der Waals surface area contributed by atoms with Crippen LogP contribution in [0.1, 0.15) is 74.8 Å². The van der Waals surface area contributed by atoms with Crippen molar-refractivity contribution in [3.8, 4) is 0 Å². The molecule has 3 fully saturated rings. The molecule has 0 bridgehead atoms. The van der Waals surface area contributed by atoms with Crippen molar-refractivity contribution in [2.24, 2.45) is 5.92 Å². The summed E-state index contributed by atoms with van der Waals surface area (Å²) in [6, 6.07) is 4.88. The largest absolute Gasteiger partial charge is 0.417 e. The first kappa shape index (κ1) is 27.1. The summed E-state index contributed by atoms with van der Waals surface area (Å²) < 4.78 is 44.8. The van der Waals surface area contributed by atoms with Gasteiger partial charge in [0.25, 0.3) is 0 Å². The van der Waals surface area contributed by atoms with Gasteiger partial charge in [-0.25, -0.2) is 4.98 Å². The molecule has 0 atom stereocenters. The minimum atomic E-state index is -4.45. The average Bonchev–Trinajstić information content (AvgIpc) is 3.34. The van der Waals surface area contributed by atoms with Crippen LogP contribution in [0.25, 0.3) is 0 Å². The maximum absolute atomic E-state index is 13.7. The average molecular weight is 534 g/mol. The van der Waals surface area contributed by atoms with Gasteiger partial charge in [0.1, 0.15) is 5.82 Å². The Bertz CT molecular complexity index is 1050. The third kappa shape index (κ3) is 6.39. The van der Waals surface area contributed by atoms with Gasteiger partial charge in [0.05, 0.1) is 17.8 Å². The van der Waals surface area contributed by atoms with E-state index in [4.69, 9.17) is 4.52 Å². The van der Waals surface area contributed by atoms with Gasteiger partial charge >= 0.3 is 6.18 Å². The molecule has 3 aliphatic rings. The number of carbonyl (C=O) groups is 1. The van der Waals surface area contributed by atoms with Crippen LogP contribution >= 0.6 is 0 Å². The normalized spacial score (nSPS) is 21.6. The van der Waals surface area contributed by atoms with E-state index >= 15 is 0 Å². The van der Waals surface area contributed by atoms with Crippen LogP contribution in [0.2, 0.25) is 0 Å². The van der Waals surface area contributed by atoms with Crippen molar-refractivity contribution < 1.29 is 22.5 Å². The maximum Gasteiger partial charge on any atom is 0.417 e. The quantitative estimate of drug-likeness (QED) is 0.493. The monoisotopic (exact) mass is 533 g/mol. The van der Waals surface area contributed by atoms with E-state index in [1.54, 1.807) is 4.90 Å². The van der Waals surface area contributed by atoms with E-state index < -0.39 is 11.7 Å². The SMILES string of the molecule is Cc1cc(CN2CCC(N3CCC(N(C(=O)C4CCCCC4)c4ccc(C(F)(F)F)cn4)CC3)CC2)on1. The van der Waals surface area contributed by atoms with Crippen molar-refractivity contribution >= 4 is 11.7 Å². The molecule has 0 radical (unpaired) electrons. The third-order valence-corrected chi connectivity index (χ3v) is 8.51. The fourth-order valence-corrected chi connectivity index (χ4v) is 6.39. The molecule has 2 aromatic rings. The minimum absolute atomic E-state index is 0.0337. The zero-order valence-electron chi connectivity index (χ0n) is 22.1. The molecule has 4 heterocycles. The van der Waals surface area contributed by atoms with Crippen molar-refractivity contribution in [3.05, 3.63) is 41.4 Å². The maximum atomic E-state index is 13.7. The van der Waals surface area contributed by atoms with Crippen molar-refractivity contribution in [1.82, 2.24) is 19.9 Å². The first-order valence-electron chi connectivity index (χ1n) is 14.0. The Labute approximate surface area is 222 Å². The van der Waals surface area contributed by atoms with Gasteiger partial charge in [-0.15, -0.1) is 0 Å². The molecule has 7 nitrogen and oxygen atoms in total. The van der Waals surface area contributed by atoms with E-state index in [1.165, 1.54) is 6.07 Å². The standard InChI is InChI=1S/C28H38F3N5O2/c1-20-17-25(38-33-20)19-34-13-9-23(10-14-34)35-15-11-24(12-16-35)36(27(37)21-5-3-2-4-6-21)26-8-7-22(18-32-26)28(29,30)31/h7-8,17-18,21,23-24H,2-6,9-16,19H2,1H3. The highest BCUT2D eigenvalue weighted by Crippen LogP contribution is 2.34. The van der Waals surface area contributed by atoms with E-state index in [0.29, 0.717) is 11.9 Å². The van der Waals surface area contributed by atoms with Crippen LogP contribution in [0.15, 0.2) is 28.9 Å². The molecule has 10 heteroatoms. The van der Waals surface area contributed by atoms with E-state index in [-0.39, 0.29) is 17.9 Å². The number of hydrogen-bond donors (Lipinski definition) is 0. The Hall–Kier alpha value is -2.46. The molecule has 0 aromatic carbocycles. The lowest BCUT2D eigenvalue weighted by molar-refractivity contribution is -0.137. The van der Waals surface area contributed by atoms with Crippen molar-refractivity contribution in [1.29, 1.82) is 0 Å². The number of hydrogen-bond acceptors (Lipinski definition) is 6. The lowest BCUT2D eigenvalue weighted by Crippen LogP contribution is -2.53. The topological polar surface area (TPSA) is 65.7 Å². The van der Waals surface area contributed by atoms with Crippen LogP contribution in [-0.2, 0) is 17.5 Å². The number of halogens is 3. The highest BCUT2D eigenvalue weighted by molar-refractivity contribution is 5.94. The second kappa shape index (κ2) is 11.7. The van der Waals surface area contributed by atoms with Crippen LogP contribution in [-0.4, -0.2) is 64.1 Å². The highest BCUT2D eigenvalue weighted by Gasteiger charge is 2.37. The number of rotatable bonds is 6. The zero-order chi connectivity index (χ0) is 26.7. The predicted molar refractivity (Wildman–Crippen MR) is 137 cm³/mol. The number of amides is 1. The second-order valence-corrected chi connectivity index (χ2v) is 11.2. The molecule has 1 amide bonds. The zero-order valence-corrected chi connectivity index (χ0v) is 22.1. The molecule has 2 aromatic heterocycles. The molecular weight excluding hydrogens is 495 g/mol. The third-order valence-electron chi connectivity index (χ3n) is 8.51. The molecule has 5 rings (SSSR count). The summed E-state index contributed by atoms with van der Waals surface area (Å²) in [6.07, 6.45) is 5.08. The van der Waals surface area contributed by atoms with Gasteiger partial charge in [0, 0.05) is 56.4 Å². The molecule has 1 saturated carbocycles. The van der Waals surface area contributed by atoms with Crippen molar-refractivity contribution in [2.75, 3.05) is 31.1 Å². The number of aryl methyl sites for hydroxylation is 1. The Balaban J connectivity index is 1.21. The molecule has 208 valence electrons. The summed E-state index contributed by atoms with van der Waals surface area (Å²) >= 11 is 0. The van der Waals surface area contributed by atoms with Crippen LogP contribution in [0.5, 0.6) is 0 Å². The van der Waals surface area contributed by atoms with Gasteiger partial charge < -0.3 is 9.42 Å². The smallest absolute Gasteiger partial charge is 0.360 e. The van der Waals surface area contributed by atoms with E-state index in [0.717, 1.165) is 114 Å². The van der Waals surface area contributed by atoms with Gasteiger partial charge in [0.15, 0.2) is 5.76 Å². The minimum Gasteiger partial charge on any atom is -0.360 e. The molecular formula is C28H38F3N5O2. The fraction of sp³-hybridized carbons (Fsp3) is 0.679. The first-order valence-corrected chi connectivity index (χ1v) is 14.0. The Morgan fingerprint density at radius 2 is 1.74 bits per heavy atom. The van der Waals surface area contributed by atoms with Gasteiger partial charge in [-0.2, -0.15) is 13.2 Å². The van der Waals surface area contributed by atoms with Crippen molar-refractivity contribution in [3.63, 3.8) is 0 Å². The van der Waals surface area contributed by atoms with Gasteiger partial charge in [-0.1, -0.05) is 24.4 Å². The number of alkyl halides is 3. The Morgan fingerprint density at radius 3 is 2.32 bits per heavy atom. The van der Waals surface area contributed by atoms with E-state index in [9.17, 15) is 18.0 Å². The second-order valence-electron chi connectivity index (χ2n) is 11.2. The van der Waals surface area contributed by atoms with Crippen LogP contribution in [0, 0.1) is 12.8 Å². The first-order chi connectivity index (χ1) is 18.3. The number of nitrogens with zero attached hydrogens (tertiary/aromatic N) is 5. The number of anilines is 1. The van der Waals surface area contributed by atoms with Gasteiger partial charge in [-0.05, 0) is 57.6 Å². The Morgan fingerprint density at radius 1 is 1.03 bits per heavy atom. The molecule has 1 aliphatic carbocycles. The Kier molecular flexibility index (Phi) is 8.38. The van der Waals surface area contributed by atoms with E-state index in [2.05, 4.69) is 19.9 Å². The van der Waals surface area contributed by atoms with Crippen LogP contribution in [0.4, 0.5) is 19.0 Å². The summed E-state index contributed by atoms with van der Waals surface area (Å²) in [5.41, 5.74) is 0.117. The number of pyridine rings is 1. The lowest BCUT2D eigenvalue weighted by atomic mass is 9.87. The number of aromatic nitrogens is 2. The summed E-state index contributed by atoms with van der Waals surface area (Å²) in [7, 11) is 0. The van der Waals surface area contributed by atoms with Gasteiger partial charge in [0.2, 0.25) is 5.91 Å². The summed E-state index contributed by atoms with van der Waals surface area (Å²) in [6.45, 7) is 6.49. The molecule has 2 aliphatic heterocycles. The number of carbonyl (C=O) groups excluding carboxylic acids is 1. The van der Waals surface area contributed by atoms with Crippen LogP contribution < -0.4 is 4.90 Å². The summed E-state index contributed by atoms with van der Waals surface area (Å²) in [4.78, 5) is 24.5. The molecule has 38 heavy (non-hydrogen) atoms. The number of piperidine rings is 2. The van der Waals surface area contributed by atoms with Gasteiger partial charge in [-0.3, -0.25) is 14.6 Å². The molecule has 0 N–H and O–H groups in total. The highest BCUT2D eigenvalue weighted by atomic mass is 19.4. The van der Waals surface area contributed by atoms with Crippen molar-refractivity contribution in [2.45, 2.75) is 89.5 Å². The molecule has 0 spiro atoms. The van der Waals surface area contributed by atoms with E-state index in [1.807, 2.05) is 13.0 Å². The number of likely N-dealkylation sites (tertiary alicyclic amines) is 2. The molecule has 0 unspecified atom stereocenters.